The van der Waals surface area contributed by atoms with Crippen LogP contribution in [0.5, 0.6) is 0 Å². The lowest BCUT2D eigenvalue weighted by atomic mass is 9.79. The molecule has 0 bridgehead atoms. The molecule has 0 aliphatic heterocycles. The summed E-state index contributed by atoms with van der Waals surface area (Å²) in [4.78, 5) is 24.2. The maximum Gasteiger partial charge on any atom is 0.310 e. The summed E-state index contributed by atoms with van der Waals surface area (Å²) >= 11 is 0. The fourth-order valence-corrected chi connectivity index (χ4v) is 4.30. The Morgan fingerprint density at radius 3 is 1.93 bits per heavy atom. The molecule has 1 aliphatic rings. The van der Waals surface area contributed by atoms with Crippen molar-refractivity contribution in [2.24, 2.45) is 17.8 Å². The van der Waals surface area contributed by atoms with Crippen molar-refractivity contribution in [2.75, 3.05) is 0 Å². The van der Waals surface area contributed by atoms with E-state index in [2.05, 4.69) is 20.8 Å². The fraction of sp³-hybridized carbons (Fsp3) is 0.917. The quantitative estimate of drug-likeness (QED) is 0.245. The summed E-state index contributed by atoms with van der Waals surface area (Å²) < 4.78 is 5.89. The van der Waals surface area contributed by atoms with E-state index in [1.54, 1.807) is 0 Å². The van der Waals surface area contributed by atoms with Crippen LogP contribution in [0.3, 0.4) is 0 Å². The van der Waals surface area contributed by atoms with E-state index in [0.29, 0.717) is 12.8 Å². The zero-order valence-corrected chi connectivity index (χ0v) is 18.6. The maximum atomic E-state index is 12.7. The average Bonchev–Trinajstić information content (AvgIpc) is 2.67. The number of carboxylic acids is 1. The third kappa shape index (κ3) is 10.5. The van der Waals surface area contributed by atoms with Gasteiger partial charge in [0.2, 0.25) is 0 Å². The molecular weight excluding hydrogens is 352 g/mol. The van der Waals surface area contributed by atoms with E-state index >= 15 is 0 Å². The van der Waals surface area contributed by atoms with Crippen LogP contribution in [-0.2, 0) is 14.3 Å². The van der Waals surface area contributed by atoms with Gasteiger partial charge < -0.3 is 9.84 Å². The molecular formula is C24H44O4. The van der Waals surface area contributed by atoms with E-state index < -0.39 is 17.8 Å². The molecule has 0 aromatic heterocycles. The predicted molar refractivity (Wildman–Crippen MR) is 114 cm³/mol. The number of hydrogen-bond acceptors (Lipinski definition) is 3. The summed E-state index contributed by atoms with van der Waals surface area (Å²) in [5.41, 5.74) is 0. The van der Waals surface area contributed by atoms with E-state index in [4.69, 9.17) is 4.74 Å². The summed E-state index contributed by atoms with van der Waals surface area (Å²) in [5, 5.41) is 9.45. The van der Waals surface area contributed by atoms with Gasteiger partial charge in [-0.05, 0) is 44.4 Å². The molecule has 4 nitrogen and oxygen atoms in total. The molecule has 1 saturated carbocycles. The molecule has 0 saturated heterocycles. The first-order chi connectivity index (χ1) is 13.5. The van der Waals surface area contributed by atoms with E-state index in [-0.39, 0.29) is 12.1 Å². The Labute approximate surface area is 172 Å². The van der Waals surface area contributed by atoms with Gasteiger partial charge >= 0.3 is 11.9 Å². The lowest BCUT2D eigenvalue weighted by Crippen LogP contribution is -2.35. The average molecular weight is 397 g/mol. The van der Waals surface area contributed by atoms with Crippen molar-refractivity contribution < 1.29 is 19.4 Å². The summed E-state index contributed by atoms with van der Waals surface area (Å²) in [6.45, 7) is 6.73. The summed E-state index contributed by atoms with van der Waals surface area (Å²) in [5.74, 6) is -1.34. The molecule has 4 heteroatoms. The van der Waals surface area contributed by atoms with Crippen LogP contribution in [0.15, 0.2) is 0 Å². The third-order valence-corrected chi connectivity index (χ3v) is 6.11. The second-order valence-corrected chi connectivity index (χ2v) is 9.13. The van der Waals surface area contributed by atoms with Crippen molar-refractivity contribution >= 4 is 11.9 Å². The second-order valence-electron chi connectivity index (χ2n) is 9.13. The number of esters is 1. The van der Waals surface area contributed by atoms with Gasteiger partial charge in [-0.3, -0.25) is 9.59 Å². The molecule has 0 spiro atoms. The molecule has 0 aromatic carbocycles. The zero-order valence-electron chi connectivity index (χ0n) is 18.6. The molecule has 1 aliphatic carbocycles. The summed E-state index contributed by atoms with van der Waals surface area (Å²) in [7, 11) is 0. The topological polar surface area (TPSA) is 63.6 Å². The zero-order chi connectivity index (χ0) is 20.8. The summed E-state index contributed by atoms with van der Waals surface area (Å²) in [6, 6.07) is 0. The van der Waals surface area contributed by atoms with Crippen molar-refractivity contribution in [1.82, 2.24) is 0 Å². The maximum absolute atomic E-state index is 12.7. The normalized spacial score (nSPS) is 20.9. The van der Waals surface area contributed by atoms with Crippen LogP contribution >= 0.6 is 0 Å². The molecule has 0 heterocycles. The Hall–Kier alpha value is -1.06. The van der Waals surface area contributed by atoms with Gasteiger partial charge in [0.1, 0.15) is 6.10 Å². The van der Waals surface area contributed by atoms with Crippen LogP contribution < -0.4 is 0 Å². The van der Waals surface area contributed by atoms with Crippen LogP contribution in [0.1, 0.15) is 117 Å². The van der Waals surface area contributed by atoms with Gasteiger partial charge in [0.05, 0.1) is 11.8 Å². The highest BCUT2D eigenvalue weighted by Gasteiger charge is 2.37. The molecule has 3 atom stereocenters. The van der Waals surface area contributed by atoms with E-state index in [1.165, 1.54) is 44.9 Å². The summed E-state index contributed by atoms with van der Waals surface area (Å²) in [6.07, 6.45) is 15.7. The minimum Gasteiger partial charge on any atom is -0.481 e. The van der Waals surface area contributed by atoms with Gasteiger partial charge in [-0.2, -0.15) is 0 Å². The van der Waals surface area contributed by atoms with E-state index in [1.807, 2.05) is 0 Å². The Bertz CT molecular complexity index is 432. The number of carbonyl (C=O) groups is 2. The lowest BCUT2D eigenvalue weighted by Gasteiger charge is -2.29. The largest absolute Gasteiger partial charge is 0.481 e. The molecule has 28 heavy (non-hydrogen) atoms. The van der Waals surface area contributed by atoms with Gasteiger partial charge in [-0.25, -0.2) is 0 Å². The standard InChI is InChI=1S/C24H44O4/c1-4-5-6-10-15-20(16-11-8-7-9-14-19(2)3)28-24(27)22-18-13-12-17-21(22)23(25)26/h19-22H,4-18H2,1-3H3,(H,25,26). The van der Waals surface area contributed by atoms with E-state index in [0.717, 1.165) is 44.4 Å². The highest BCUT2D eigenvalue weighted by molar-refractivity contribution is 5.81. The predicted octanol–water partition coefficient (Wildman–Crippen LogP) is 6.76. The lowest BCUT2D eigenvalue weighted by molar-refractivity contribution is -0.164. The van der Waals surface area contributed by atoms with Crippen LogP contribution in [0.2, 0.25) is 0 Å². The Morgan fingerprint density at radius 1 is 0.857 bits per heavy atom. The SMILES string of the molecule is CCCCCCC(CCCCCCC(C)C)OC(=O)C1CCCCC1C(=O)O. The molecule has 0 aromatic rings. The highest BCUT2D eigenvalue weighted by Crippen LogP contribution is 2.32. The number of carbonyl (C=O) groups excluding carboxylic acids is 1. The minimum atomic E-state index is -0.841. The molecule has 3 unspecified atom stereocenters. The van der Waals surface area contributed by atoms with Crippen molar-refractivity contribution in [2.45, 2.75) is 123 Å². The van der Waals surface area contributed by atoms with Gasteiger partial charge in [-0.1, -0.05) is 78.6 Å². The number of ether oxygens (including phenoxy) is 1. The Kier molecular flexibility index (Phi) is 13.3. The molecule has 0 amide bonds. The number of carboxylic acid groups (broad SMARTS) is 1. The molecule has 1 N–H and O–H groups in total. The van der Waals surface area contributed by atoms with Crippen molar-refractivity contribution in [3.8, 4) is 0 Å². The van der Waals surface area contributed by atoms with Crippen molar-refractivity contribution in [3.63, 3.8) is 0 Å². The van der Waals surface area contributed by atoms with Gasteiger partial charge in [-0.15, -0.1) is 0 Å². The van der Waals surface area contributed by atoms with Crippen LogP contribution in [0.4, 0.5) is 0 Å². The number of aliphatic carboxylic acids is 1. The Balaban J connectivity index is 2.47. The van der Waals surface area contributed by atoms with Crippen molar-refractivity contribution in [1.29, 1.82) is 0 Å². The second kappa shape index (κ2) is 14.9. The van der Waals surface area contributed by atoms with Crippen LogP contribution in [0, 0.1) is 17.8 Å². The number of unbranched alkanes of at least 4 members (excludes halogenated alkanes) is 6. The first kappa shape index (κ1) is 25.0. The third-order valence-electron chi connectivity index (χ3n) is 6.11. The highest BCUT2D eigenvalue weighted by atomic mass is 16.5. The molecule has 1 fully saturated rings. The van der Waals surface area contributed by atoms with Gasteiger partial charge in [0, 0.05) is 0 Å². The van der Waals surface area contributed by atoms with Crippen molar-refractivity contribution in [3.05, 3.63) is 0 Å². The number of hydrogen-bond donors (Lipinski definition) is 1. The first-order valence-corrected chi connectivity index (χ1v) is 11.9. The van der Waals surface area contributed by atoms with Crippen LogP contribution in [0.25, 0.3) is 0 Å². The molecule has 1 rings (SSSR count). The van der Waals surface area contributed by atoms with Crippen LogP contribution in [-0.4, -0.2) is 23.1 Å². The van der Waals surface area contributed by atoms with Gasteiger partial charge in [0.15, 0.2) is 0 Å². The molecule has 164 valence electrons. The minimum absolute atomic E-state index is 0.0363. The monoisotopic (exact) mass is 396 g/mol. The Morgan fingerprint density at radius 2 is 1.39 bits per heavy atom. The molecule has 0 radical (unpaired) electrons. The first-order valence-electron chi connectivity index (χ1n) is 11.9. The fourth-order valence-electron chi connectivity index (χ4n) is 4.30. The smallest absolute Gasteiger partial charge is 0.310 e. The van der Waals surface area contributed by atoms with Gasteiger partial charge in [0.25, 0.3) is 0 Å². The number of rotatable bonds is 15. The van der Waals surface area contributed by atoms with E-state index in [9.17, 15) is 14.7 Å².